The zero-order valence-electron chi connectivity index (χ0n) is 25.2. The zero-order chi connectivity index (χ0) is 32.8. The van der Waals surface area contributed by atoms with E-state index in [4.69, 9.17) is 0 Å². The summed E-state index contributed by atoms with van der Waals surface area (Å²) in [4.78, 5) is 43.2. The van der Waals surface area contributed by atoms with E-state index in [1.54, 1.807) is 24.3 Å². The van der Waals surface area contributed by atoms with E-state index in [1.807, 2.05) is 13.2 Å². The Labute approximate surface area is 265 Å². The number of thioether (sulfide) groups is 1. The molecule has 0 saturated carbocycles. The number of carbonyl (C=O) groups excluding carboxylic acids is 3. The van der Waals surface area contributed by atoms with Gasteiger partial charge in [0.25, 0.3) is 5.91 Å². The summed E-state index contributed by atoms with van der Waals surface area (Å²) in [6.07, 6.45) is -0.630. The van der Waals surface area contributed by atoms with Crippen LogP contribution in [0.1, 0.15) is 42.1 Å². The predicted molar refractivity (Wildman–Crippen MR) is 166 cm³/mol. The smallest absolute Gasteiger partial charge is 0.350 e. The third-order valence-electron chi connectivity index (χ3n) is 7.96. The van der Waals surface area contributed by atoms with Crippen molar-refractivity contribution in [2.75, 3.05) is 56.6 Å². The van der Waals surface area contributed by atoms with Gasteiger partial charge in [0.05, 0.1) is 34.0 Å². The van der Waals surface area contributed by atoms with Crippen LogP contribution in [0.25, 0.3) is 0 Å². The van der Waals surface area contributed by atoms with Gasteiger partial charge < -0.3 is 25.8 Å². The first kappa shape index (κ1) is 34.6. The van der Waals surface area contributed by atoms with Crippen molar-refractivity contribution in [3.8, 4) is 0 Å². The van der Waals surface area contributed by atoms with Crippen LogP contribution < -0.4 is 16.0 Å². The maximum atomic E-state index is 13.4. The normalized spacial score (nSPS) is 19.0. The molecule has 0 spiro atoms. The fraction of sp³-hybridized carbons (Fsp3) is 0.500. The minimum atomic E-state index is -4.73. The Kier molecular flexibility index (Phi) is 11.4. The van der Waals surface area contributed by atoms with E-state index in [2.05, 4.69) is 20.9 Å². The quantitative estimate of drug-likeness (QED) is 0.308. The molecule has 0 bridgehead atoms. The van der Waals surface area contributed by atoms with Crippen molar-refractivity contribution in [2.24, 2.45) is 5.92 Å². The molecular formula is C30H38F3N5O5S2. The molecule has 0 unspecified atom stereocenters. The van der Waals surface area contributed by atoms with E-state index in [0.717, 1.165) is 36.4 Å². The van der Waals surface area contributed by atoms with Crippen molar-refractivity contribution < 1.29 is 36.0 Å². The number of likely N-dealkylation sites (tertiary alicyclic amines) is 2. The van der Waals surface area contributed by atoms with Crippen LogP contribution in [0.15, 0.2) is 52.3 Å². The number of alkyl halides is 3. The van der Waals surface area contributed by atoms with E-state index in [0.29, 0.717) is 38.7 Å². The average molecular weight is 670 g/mol. The van der Waals surface area contributed by atoms with E-state index in [1.165, 1.54) is 16.7 Å². The summed E-state index contributed by atoms with van der Waals surface area (Å²) >= 11 is 1.50. The van der Waals surface area contributed by atoms with Crippen molar-refractivity contribution in [3.05, 3.63) is 53.6 Å². The van der Waals surface area contributed by atoms with Crippen molar-refractivity contribution in [3.63, 3.8) is 0 Å². The Hall–Kier alpha value is -3.30. The van der Waals surface area contributed by atoms with Crippen molar-refractivity contribution in [1.82, 2.24) is 20.4 Å². The van der Waals surface area contributed by atoms with Gasteiger partial charge in [0.2, 0.25) is 5.91 Å². The molecule has 0 aromatic heterocycles. The van der Waals surface area contributed by atoms with Gasteiger partial charge in [-0.05, 0) is 87.0 Å². The van der Waals surface area contributed by atoms with Gasteiger partial charge in [-0.2, -0.15) is 13.2 Å². The highest BCUT2D eigenvalue weighted by atomic mass is 32.2. The molecule has 15 heteroatoms. The van der Waals surface area contributed by atoms with Gasteiger partial charge in [0.15, 0.2) is 9.84 Å². The monoisotopic (exact) mass is 669 g/mol. The lowest BCUT2D eigenvalue weighted by Gasteiger charge is -2.38. The maximum absolute atomic E-state index is 13.4. The number of hydrogen-bond acceptors (Lipinski definition) is 7. The topological polar surface area (TPSA) is 128 Å². The van der Waals surface area contributed by atoms with Gasteiger partial charge in [-0.15, -0.1) is 11.8 Å². The third kappa shape index (κ3) is 9.13. The van der Waals surface area contributed by atoms with Crippen molar-refractivity contribution in [2.45, 2.75) is 48.2 Å². The highest BCUT2D eigenvalue weighted by Crippen LogP contribution is 2.32. The lowest BCUT2D eigenvalue weighted by molar-refractivity contribution is -0.137. The van der Waals surface area contributed by atoms with Gasteiger partial charge in [-0.1, -0.05) is 6.92 Å². The predicted octanol–water partition coefficient (Wildman–Crippen LogP) is 4.09. The van der Waals surface area contributed by atoms with Crippen LogP contribution in [0.5, 0.6) is 0 Å². The molecule has 0 radical (unpaired) electrons. The highest BCUT2D eigenvalue weighted by Gasteiger charge is 2.35. The van der Waals surface area contributed by atoms with Gasteiger partial charge in [-0.3, -0.25) is 9.59 Å². The average Bonchev–Trinajstić information content (AvgIpc) is 2.96. The molecule has 2 aromatic rings. The van der Waals surface area contributed by atoms with Crippen LogP contribution >= 0.6 is 11.8 Å². The molecular weight excluding hydrogens is 631 g/mol. The number of rotatable bonds is 11. The second kappa shape index (κ2) is 14.9. The Bertz CT molecular complexity index is 1480. The van der Waals surface area contributed by atoms with E-state index in [9.17, 15) is 36.0 Å². The number of carbonyl (C=O) groups is 3. The largest absolute Gasteiger partial charge is 0.416 e. The molecule has 2 saturated heterocycles. The first-order valence-electron chi connectivity index (χ1n) is 14.7. The molecule has 4 amide bonds. The number of amides is 4. The summed E-state index contributed by atoms with van der Waals surface area (Å²) in [5, 5.41) is 7.69. The molecule has 3 N–H and O–H groups in total. The lowest BCUT2D eigenvalue weighted by atomic mass is 9.93. The summed E-state index contributed by atoms with van der Waals surface area (Å²) in [5.41, 5.74) is -1.63. The molecule has 45 heavy (non-hydrogen) atoms. The minimum absolute atomic E-state index is 0.115. The fourth-order valence-corrected chi connectivity index (χ4v) is 7.47. The van der Waals surface area contributed by atoms with Crippen LogP contribution in [0.3, 0.4) is 0 Å². The Balaban J connectivity index is 1.44. The summed E-state index contributed by atoms with van der Waals surface area (Å²) in [7, 11) is -3.66. The van der Waals surface area contributed by atoms with Crippen molar-refractivity contribution in [1.29, 1.82) is 0 Å². The number of hydrogen-bond donors (Lipinski definition) is 3. The molecule has 0 aliphatic carbocycles. The van der Waals surface area contributed by atoms with Crippen molar-refractivity contribution >= 4 is 45.1 Å². The highest BCUT2D eigenvalue weighted by molar-refractivity contribution is 7.98. The summed E-state index contributed by atoms with van der Waals surface area (Å²) < 4.78 is 66.9. The zero-order valence-corrected chi connectivity index (χ0v) is 26.8. The first-order valence-corrected chi connectivity index (χ1v) is 17.6. The van der Waals surface area contributed by atoms with E-state index < -0.39 is 63.5 Å². The second-order valence-electron chi connectivity index (χ2n) is 11.2. The second-order valence-corrected chi connectivity index (χ2v) is 14.1. The maximum Gasteiger partial charge on any atom is 0.416 e. The molecule has 2 aliphatic heterocycles. The van der Waals surface area contributed by atoms with E-state index in [-0.39, 0.29) is 16.3 Å². The molecule has 4 rings (SSSR count). The summed E-state index contributed by atoms with van der Waals surface area (Å²) in [5.74, 6) is -2.15. The van der Waals surface area contributed by atoms with Crippen LogP contribution in [0.2, 0.25) is 0 Å². The Morgan fingerprint density at radius 3 is 2.36 bits per heavy atom. The van der Waals surface area contributed by atoms with Gasteiger partial charge >= 0.3 is 12.2 Å². The van der Waals surface area contributed by atoms with Gasteiger partial charge in [0, 0.05) is 30.6 Å². The molecule has 2 aliphatic rings. The molecule has 2 aromatic carbocycles. The van der Waals surface area contributed by atoms with Crippen LogP contribution in [0, 0.1) is 5.92 Å². The number of sulfone groups is 1. The lowest BCUT2D eigenvalue weighted by Crippen LogP contribution is -2.55. The number of nitrogens with one attached hydrogen (secondary N) is 3. The van der Waals surface area contributed by atoms with Gasteiger partial charge in [0.1, 0.15) is 0 Å². The third-order valence-corrected chi connectivity index (χ3v) is 10.6. The van der Waals surface area contributed by atoms with Crippen LogP contribution in [-0.2, 0) is 20.8 Å². The molecule has 10 nitrogen and oxygen atoms in total. The number of anilines is 1. The van der Waals surface area contributed by atoms with Crippen LogP contribution in [0.4, 0.5) is 23.7 Å². The first-order chi connectivity index (χ1) is 21.3. The SMILES string of the molecule is CCCN1CC[C@@H](CS(=O)(=O)c2ccc(SC)cc2)[C@@H](NC(=O)CNC(=O)c2cc(C(F)(F)F)ccc2NC(=O)N2CCC2)C1. The fourth-order valence-electron chi connectivity index (χ4n) is 5.36. The van der Waals surface area contributed by atoms with Crippen LogP contribution in [-0.4, -0.2) is 93.4 Å². The standard InChI is InChI=1S/C30H38F3N5O5S2/c1-3-12-37-15-11-20(19-45(42,43)23-8-6-22(44-2)7-9-23)26(18-37)35-27(39)17-34-28(40)24-16-21(30(31,32)33)5-10-25(24)36-29(41)38-13-4-14-38/h5-10,16,20,26H,3-4,11-15,17-19H2,1-2H3,(H,34,40)(H,35,39)(H,36,41)/t20-,26-/m0/s1. The molecule has 246 valence electrons. The number of urea groups is 1. The van der Waals surface area contributed by atoms with E-state index >= 15 is 0 Å². The number of nitrogens with zero attached hydrogens (tertiary/aromatic N) is 2. The Morgan fingerprint density at radius 2 is 1.76 bits per heavy atom. The van der Waals surface area contributed by atoms with Gasteiger partial charge in [-0.25, -0.2) is 13.2 Å². The number of halogens is 3. The molecule has 2 heterocycles. The summed E-state index contributed by atoms with van der Waals surface area (Å²) in [6.45, 7) is 4.30. The summed E-state index contributed by atoms with van der Waals surface area (Å²) in [6, 6.07) is 7.98. The Morgan fingerprint density at radius 1 is 1.04 bits per heavy atom. The number of benzene rings is 2. The molecule has 2 atom stereocenters. The molecule has 2 fully saturated rings. The number of piperidine rings is 1. The minimum Gasteiger partial charge on any atom is -0.350 e.